The van der Waals surface area contributed by atoms with E-state index in [1.807, 2.05) is 11.8 Å². The van der Waals surface area contributed by atoms with E-state index in [0.717, 1.165) is 25.9 Å². The Bertz CT molecular complexity index is 315. The number of carbonyl (C=O) groups is 1. The number of hydrogen-bond donors (Lipinski definition) is 1. The van der Waals surface area contributed by atoms with E-state index in [9.17, 15) is 9.90 Å². The molecule has 96 valence electrons. The Hall–Kier alpha value is -0.610. The van der Waals surface area contributed by atoms with Crippen molar-refractivity contribution in [3.63, 3.8) is 0 Å². The van der Waals surface area contributed by atoms with Crippen LogP contribution >= 0.6 is 0 Å². The van der Waals surface area contributed by atoms with Crippen LogP contribution < -0.4 is 0 Å². The van der Waals surface area contributed by atoms with E-state index in [0.29, 0.717) is 19.0 Å². The molecule has 3 aliphatic rings. The van der Waals surface area contributed by atoms with Crippen LogP contribution in [0.15, 0.2) is 0 Å². The van der Waals surface area contributed by atoms with Crippen LogP contribution in [0.3, 0.4) is 0 Å². The van der Waals surface area contributed by atoms with Crippen LogP contribution in [0.2, 0.25) is 0 Å². The van der Waals surface area contributed by atoms with E-state index in [-0.39, 0.29) is 11.9 Å². The number of β-amino-alcohol motifs (C(OH)–C–C–N with tert-alkyl or cyclic N) is 1. The van der Waals surface area contributed by atoms with Crippen molar-refractivity contribution in [3.05, 3.63) is 0 Å². The highest BCUT2D eigenvalue weighted by Gasteiger charge is 2.53. The molecule has 1 atom stereocenters. The Balaban J connectivity index is 1.53. The van der Waals surface area contributed by atoms with E-state index in [4.69, 9.17) is 0 Å². The SMILES string of the molecule is CC(C(=O)N1CCCC1)N1CC(O)(C2CC2)C1. The number of rotatable bonds is 3. The molecule has 0 bridgehead atoms. The predicted octanol–water partition coefficient (Wildman–Crippen LogP) is 0.454. The van der Waals surface area contributed by atoms with E-state index < -0.39 is 5.60 Å². The van der Waals surface area contributed by atoms with Crippen LogP contribution in [0.25, 0.3) is 0 Å². The van der Waals surface area contributed by atoms with E-state index in [1.165, 1.54) is 12.8 Å². The molecule has 0 radical (unpaired) electrons. The summed E-state index contributed by atoms with van der Waals surface area (Å²) in [6, 6.07) is -0.0490. The fourth-order valence-corrected chi connectivity index (χ4v) is 3.17. The summed E-state index contributed by atoms with van der Waals surface area (Å²) in [6.45, 7) is 5.21. The molecule has 17 heavy (non-hydrogen) atoms. The van der Waals surface area contributed by atoms with Gasteiger partial charge in [-0.25, -0.2) is 0 Å². The summed E-state index contributed by atoms with van der Waals surface area (Å²) in [5.41, 5.74) is -0.473. The lowest BCUT2D eigenvalue weighted by molar-refractivity contribution is -0.154. The lowest BCUT2D eigenvalue weighted by Gasteiger charge is -2.49. The summed E-state index contributed by atoms with van der Waals surface area (Å²) in [4.78, 5) is 16.3. The van der Waals surface area contributed by atoms with Gasteiger partial charge in [0, 0.05) is 26.2 Å². The van der Waals surface area contributed by atoms with Crippen molar-refractivity contribution < 1.29 is 9.90 Å². The third-order valence-corrected chi connectivity index (χ3v) is 4.61. The molecule has 3 fully saturated rings. The molecule has 1 unspecified atom stereocenters. The van der Waals surface area contributed by atoms with Crippen LogP contribution in [0.5, 0.6) is 0 Å². The maximum atomic E-state index is 12.2. The van der Waals surface area contributed by atoms with Crippen molar-refractivity contribution >= 4 is 5.91 Å². The first-order valence-electron chi connectivity index (χ1n) is 6.85. The fourth-order valence-electron chi connectivity index (χ4n) is 3.17. The average molecular weight is 238 g/mol. The minimum atomic E-state index is -0.473. The number of aliphatic hydroxyl groups is 1. The Morgan fingerprint density at radius 1 is 1.29 bits per heavy atom. The molecule has 0 aromatic rings. The van der Waals surface area contributed by atoms with Crippen LogP contribution in [-0.4, -0.2) is 58.6 Å². The normalized spacial score (nSPS) is 30.1. The first-order valence-corrected chi connectivity index (χ1v) is 6.85. The second-order valence-corrected chi connectivity index (χ2v) is 5.99. The van der Waals surface area contributed by atoms with Crippen molar-refractivity contribution in [2.75, 3.05) is 26.2 Å². The van der Waals surface area contributed by atoms with Gasteiger partial charge in [0.25, 0.3) is 0 Å². The van der Waals surface area contributed by atoms with Gasteiger partial charge in [-0.3, -0.25) is 9.69 Å². The summed E-state index contributed by atoms with van der Waals surface area (Å²) < 4.78 is 0. The summed E-state index contributed by atoms with van der Waals surface area (Å²) in [7, 11) is 0. The maximum Gasteiger partial charge on any atom is 0.239 e. The second kappa shape index (κ2) is 3.95. The van der Waals surface area contributed by atoms with Crippen LogP contribution in [0, 0.1) is 5.92 Å². The van der Waals surface area contributed by atoms with Gasteiger partial charge in [-0.05, 0) is 38.5 Å². The molecule has 1 aliphatic carbocycles. The zero-order valence-corrected chi connectivity index (χ0v) is 10.6. The molecular formula is C13H22N2O2. The van der Waals surface area contributed by atoms with Gasteiger partial charge in [-0.2, -0.15) is 0 Å². The standard InChI is InChI=1S/C13H22N2O2/c1-10(12(16)14-6-2-3-7-14)15-8-13(17,9-15)11-4-5-11/h10-11,17H,2-9H2,1H3. The number of likely N-dealkylation sites (tertiary alicyclic amines) is 2. The number of nitrogens with zero attached hydrogens (tertiary/aromatic N) is 2. The number of amides is 1. The van der Waals surface area contributed by atoms with Crippen molar-refractivity contribution in [3.8, 4) is 0 Å². The zero-order chi connectivity index (χ0) is 12.0. The summed E-state index contributed by atoms with van der Waals surface area (Å²) >= 11 is 0. The van der Waals surface area contributed by atoms with Gasteiger partial charge in [0.2, 0.25) is 5.91 Å². The summed E-state index contributed by atoms with van der Waals surface area (Å²) in [5.74, 6) is 0.758. The van der Waals surface area contributed by atoms with Gasteiger partial charge >= 0.3 is 0 Å². The van der Waals surface area contributed by atoms with E-state index in [1.54, 1.807) is 0 Å². The highest BCUT2D eigenvalue weighted by molar-refractivity contribution is 5.81. The van der Waals surface area contributed by atoms with Crippen molar-refractivity contribution in [2.24, 2.45) is 5.92 Å². The molecule has 1 saturated carbocycles. The van der Waals surface area contributed by atoms with Crippen molar-refractivity contribution in [1.82, 2.24) is 9.80 Å². The molecule has 2 aliphatic heterocycles. The molecule has 0 aromatic carbocycles. The largest absolute Gasteiger partial charge is 0.387 e. The van der Waals surface area contributed by atoms with Gasteiger partial charge in [-0.15, -0.1) is 0 Å². The van der Waals surface area contributed by atoms with Crippen molar-refractivity contribution in [2.45, 2.75) is 44.2 Å². The number of carbonyl (C=O) groups excluding carboxylic acids is 1. The summed E-state index contributed by atoms with van der Waals surface area (Å²) in [6.07, 6.45) is 4.62. The molecule has 2 heterocycles. The van der Waals surface area contributed by atoms with Crippen LogP contribution in [-0.2, 0) is 4.79 Å². The molecule has 4 nitrogen and oxygen atoms in total. The van der Waals surface area contributed by atoms with Gasteiger partial charge < -0.3 is 10.0 Å². The lowest BCUT2D eigenvalue weighted by atomic mass is 9.87. The minimum absolute atomic E-state index is 0.0490. The molecule has 4 heteroatoms. The predicted molar refractivity (Wildman–Crippen MR) is 64.5 cm³/mol. The molecular weight excluding hydrogens is 216 g/mol. The van der Waals surface area contributed by atoms with Gasteiger partial charge in [0.15, 0.2) is 0 Å². The van der Waals surface area contributed by atoms with Crippen LogP contribution in [0.1, 0.15) is 32.6 Å². The maximum absolute atomic E-state index is 12.2. The molecule has 1 N–H and O–H groups in total. The molecule has 3 rings (SSSR count). The smallest absolute Gasteiger partial charge is 0.239 e. The van der Waals surface area contributed by atoms with E-state index in [2.05, 4.69) is 4.90 Å². The zero-order valence-electron chi connectivity index (χ0n) is 10.6. The van der Waals surface area contributed by atoms with Gasteiger partial charge in [0.1, 0.15) is 0 Å². The molecule has 1 amide bonds. The number of hydrogen-bond acceptors (Lipinski definition) is 3. The quantitative estimate of drug-likeness (QED) is 0.776. The van der Waals surface area contributed by atoms with Crippen molar-refractivity contribution in [1.29, 1.82) is 0 Å². The Morgan fingerprint density at radius 2 is 1.88 bits per heavy atom. The topological polar surface area (TPSA) is 43.8 Å². The minimum Gasteiger partial charge on any atom is -0.387 e. The van der Waals surface area contributed by atoms with E-state index >= 15 is 0 Å². The second-order valence-electron chi connectivity index (χ2n) is 5.99. The third-order valence-electron chi connectivity index (χ3n) is 4.61. The van der Waals surface area contributed by atoms with Crippen LogP contribution in [0.4, 0.5) is 0 Å². The third kappa shape index (κ3) is 1.97. The Morgan fingerprint density at radius 3 is 2.41 bits per heavy atom. The molecule has 0 aromatic heterocycles. The Labute approximate surface area is 103 Å². The Kier molecular flexibility index (Phi) is 2.67. The highest BCUT2D eigenvalue weighted by atomic mass is 16.3. The highest BCUT2D eigenvalue weighted by Crippen LogP contribution is 2.45. The first-order chi connectivity index (χ1) is 8.10. The molecule has 0 spiro atoms. The fraction of sp³-hybridized carbons (Fsp3) is 0.923. The first kappa shape index (κ1) is 11.5. The lowest BCUT2D eigenvalue weighted by Crippen LogP contribution is -2.67. The van der Waals surface area contributed by atoms with Gasteiger partial charge in [0.05, 0.1) is 11.6 Å². The molecule has 2 saturated heterocycles. The average Bonchev–Trinajstić information content (AvgIpc) is 2.99. The summed E-state index contributed by atoms with van der Waals surface area (Å²) in [5, 5.41) is 10.2. The van der Waals surface area contributed by atoms with Gasteiger partial charge in [-0.1, -0.05) is 0 Å². The monoisotopic (exact) mass is 238 g/mol.